The van der Waals surface area contributed by atoms with E-state index in [9.17, 15) is 0 Å². The third-order valence-corrected chi connectivity index (χ3v) is 4.39. The largest absolute Gasteiger partial charge is 0.495 e. The number of nitrogens with two attached hydrogens (primary N) is 2. The lowest BCUT2D eigenvalue weighted by molar-refractivity contribution is 0.417. The highest BCUT2D eigenvalue weighted by Gasteiger charge is 2.09. The van der Waals surface area contributed by atoms with Gasteiger partial charge in [-0.05, 0) is 41.7 Å². The molecule has 0 aliphatic heterocycles. The summed E-state index contributed by atoms with van der Waals surface area (Å²) >= 11 is 12.0. The Hall–Kier alpha value is -2.04. The number of rotatable bonds is 4. The highest BCUT2D eigenvalue weighted by atomic mass is 35.5. The van der Waals surface area contributed by atoms with Crippen LogP contribution in [0, 0.1) is 0 Å². The fourth-order valence-electron chi connectivity index (χ4n) is 2.28. The van der Waals surface area contributed by atoms with Crippen LogP contribution in [0.25, 0.3) is 5.57 Å². The molecule has 0 unspecified atom stereocenters. The first-order chi connectivity index (χ1) is 12.1. The number of allylic oxidation sites excluding steroid dienone is 1. The van der Waals surface area contributed by atoms with Crippen LogP contribution in [0.2, 0.25) is 10.0 Å². The van der Waals surface area contributed by atoms with Crippen LogP contribution in [-0.4, -0.2) is 14.2 Å². The summed E-state index contributed by atoms with van der Waals surface area (Å²) in [6.07, 6.45) is 0. The van der Waals surface area contributed by atoms with Crippen molar-refractivity contribution in [2.45, 2.75) is 26.7 Å². The van der Waals surface area contributed by atoms with E-state index in [1.54, 1.807) is 32.4 Å². The monoisotopic (exact) mass is 396 g/mol. The summed E-state index contributed by atoms with van der Waals surface area (Å²) in [5, 5.41) is 1.32. The number of hydrogen-bond acceptors (Lipinski definition) is 4. The van der Waals surface area contributed by atoms with Crippen LogP contribution in [0.5, 0.6) is 11.5 Å². The van der Waals surface area contributed by atoms with Gasteiger partial charge in [-0.15, -0.1) is 0 Å². The van der Waals surface area contributed by atoms with Crippen molar-refractivity contribution in [1.82, 2.24) is 0 Å². The molecule has 4 N–H and O–H groups in total. The van der Waals surface area contributed by atoms with E-state index in [0.717, 1.165) is 16.7 Å². The van der Waals surface area contributed by atoms with Crippen molar-refractivity contribution in [1.29, 1.82) is 0 Å². The van der Waals surface area contributed by atoms with Gasteiger partial charge in [-0.2, -0.15) is 0 Å². The van der Waals surface area contributed by atoms with E-state index in [1.165, 1.54) is 0 Å². The van der Waals surface area contributed by atoms with Crippen LogP contribution < -0.4 is 20.9 Å². The van der Waals surface area contributed by atoms with E-state index in [1.807, 2.05) is 13.0 Å². The Morgan fingerprint density at radius 1 is 0.923 bits per heavy atom. The normalized spacial score (nSPS) is 10.2. The van der Waals surface area contributed by atoms with Gasteiger partial charge in [-0.25, -0.2) is 0 Å². The topological polar surface area (TPSA) is 70.5 Å². The molecule has 0 amide bonds. The Kier molecular flexibility index (Phi) is 8.12. The second kappa shape index (κ2) is 9.60. The van der Waals surface area contributed by atoms with Gasteiger partial charge in [-0.1, -0.05) is 43.6 Å². The summed E-state index contributed by atoms with van der Waals surface area (Å²) in [5.74, 6) is 1.60. The lowest BCUT2D eigenvalue weighted by atomic mass is 10.0. The molecule has 0 heterocycles. The molecule has 0 saturated carbocycles. The third kappa shape index (κ3) is 5.48. The second-order valence-electron chi connectivity index (χ2n) is 6.12. The highest BCUT2D eigenvalue weighted by molar-refractivity contribution is 6.32. The van der Waals surface area contributed by atoms with Crippen molar-refractivity contribution >= 4 is 40.1 Å². The first-order valence-electron chi connectivity index (χ1n) is 8.04. The average Bonchev–Trinajstić information content (AvgIpc) is 2.58. The summed E-state index contributed by atoms with van der Waals surface area (Å²) < 4.78 is 10.1. The lowest BCUT2D eigenvalue weighted by Crippen LogP contribution is -1.96. The van der Waals surface area contributed by atoms with Crippen LogP contribution in [0.4, 0.5) is 11.4 Å². The average molecular weight is 397 g/mol. The Labute approximate surface area is 165 Å². The quantitative estimate of drug-likeness (QED) is 0.619. The summed E-state index contributed by atoms with van der Waals surface area (Å²) in [6.45, 7) is 9.84. The lowest BCUT2D eigenvalue weighted by Gasteiger charge is -2.11. The van der Waals surface area contributed by atoms with Crippen LogP contribution in [0.1, 0.15) is 37.8 Å². The van der Waals surface area contributed by atoms with Crippen molar-refractivity contribution < 1.29 is 9.47 Å². The number of benzene rings is 2. The molecule has 0 aromatic heterocycles. The fourth-order valence-corrected chi connectivity index (χ4v) is 2.97. The van der Waals surface area contributed by atoms with Crippen molar-refractivity contribution in [3.8, 4) is 11.5 Å². The molecule has 2 aromatic carbocycles. The Morgan fingerprint density at radius 3 is 1.81 bits per heavy atom. The number of methoxy groups -OCH3 is 2. The molecule has 0 bridgehead atoms. The maximum absolute atomic E-state index is 6.04. The van der Waals surface area contributed by atoms with Crippen LogP contribution in [-0.2, 0) is 0 Å². The number of hydrogen-bond donors (Lipinski definition) is 2. The van der Waals surface area contributed by atoms with Gasteiger partial charge >= 0.3 is 0 Å². The minimum atomic E-state index is 0.376. The smallest absolute Gasteiger partial charge is 0.143 e. The minimum absolute atomic E-state index is 0.376. The second-order valence-corrected chi connectivity index (χ2v) is 6.94. The number of nitrogen functional groups attached to an aromatic ring is 2. The van der Waals surface area contributed by atoms with Crippen molar-refractivity contribution in [3.05, 3.63) is 52.0 Å². The predicted octanol–water partition coefficient (Wildman–Crippen LogP) is 6.02. The van der Waals surface area contributed by atoms with Crippen molar-refractivity contribution in [2.24, 2.45) is 0 Å². The first kappa shape index (κ1) is 22.0. The number of ether oxygens (including phenoxy) is 2. The summed E-state index contributed by atoms with van der Waals surface area (Å²) in [5.41, 5.74) is 15.5. The molecule has 4 nitrogen and oxygen atoms in total. The zero-order valence-electron chi connectivity index (χ0n) is 15.8. The first-order valence-corrected chi connectivity index (χ1v) is 8.79. The van der Waals surface area contributed by atoms with Crippen molar-refractivity contribution in [3.63, 3.8) is 0 Å². The Bertz CT molecular complexity index is 790. The van der Waals surface area contributed by atoms with Gasteiger partial charge < -0.3 is 20.9 Å². The molecule has 0 aliphatic carbocycles. The summed E-state index contributed by atoms with van der Waals surface area (Å²) in [7, 11) is 3.14. The molecule has 0 atom stereocenters. The molecular weight excluding hydrogens is 371 g/mol. The van der Waals surface area contributed by atoms with E-state index in [0.29, 0.717) is 38.8 Å². The number of anilines is 2. The van der Waals surface area contributed by atoms with Gasteiger partial charge in [0.2, 0.25) is 0 Å². The molecule has 0 aliphatic rings. The van der Waals surface area contributed by atoms with E-state index in [-0.39, 0.29) is 0 Å². The predicted molar refractivity (Wildman–Crippen MR) is 114 cm³/mol. The molecule has 2 aromatic rings. The summed E-state index contributed by atoms with van der Waals surface area (Å²) in [4.78, 5) is 0. The molecule has 142 valence electrons. The molecular formula is C20H26Cl2N2O2. The molecule has 6 heteroatoms. The van der Waals surface area contributed by atoms with Crippen LogP contribution in [0.15, 0.2) is 30.8 Å². The van der Waals surface area contributed by atoms with Gasteiger partial charge in [0.05, 0.1) is 30.6 Å². The summed E-state index contributed by atoms with van der Waals surface area (Å²) in [6, 6.07) is 7.09. The Balaban J connectivity index is 0.000000260. The Morgan fingerprint density at radius 2 is 1.38 bits per heavy atom. The van der Waals surface area contributed by atoms with E-state index >= 15 is 0 Å². The highest BCUT2D eigenvalue weighted by Crippen LogP contribution is 2.33. The number of halogens is 2. The van der Waals surface area contributed by atoms with Crippen molar-refractivity contribution in [2.75, 3.05) is 25.7 Å². The molecule has 0 fully saturated rings. The van der Waals surface area contributed by atoms with Gasteiger partial charge in [0.15, 0.2) is 0 Å². The van der Waals surface area contributed by atoms with E-state index < -0.39 is 0 Å². The standard InChI is InChI=1S/C10H14ClNO.C10H12ClNO/c2*1-6(2)7-4-9(12)10(13-3)5-8(7)11/h4-6H,12H2,1-3H3;4-5H,1,12H2,2-3H3. The zero-order valence-corrected chi connectivity index (χ0v) is 17.3. The third-order valence-electron chi connectivity index (χ3n) is 3.75. The van der Waals surface area contributed by atoms with Gasteiger partial charge in [0, 0.05) is 17.2 Å². The van der Waals surface area contributed by atoms with Crippen LogP contribution >= 0.6 is 23.2 Å². The van der Waals surface area contributed by atoms with E-state index in [2.05, 4.69) is 20.4 Å². The SMILES string of the molecule is C=C(C)c1cc(N)c(OC)cc1Cl.COc1cc(Cl)c(C(C)C)cc1N. The van der Waals surface area contributed by atoms with Crippen LogP contribution in [0.3, 0.4) is 0 Å². The zero-order chi connectivity index (χ0) is 20.0. The molecule has 0 spiro atoms. The van der Waals surface area contributed by atoms with E-state index in [4.69, 9.17) is 44.1 Å². The minimum Gasteiger partial charge on any atom is -0.495 e. The maximum atomic E-state index is 6.04. The molecule has 0 saturated heterocycles. The van der Waals surface area contributed by atoms with Gasteiger partial charge in [0.25, 0.3) is 0 Å². The maximum Gasteiger partial charge on any atom is 0.143 e. The van der Waals surface area contributed by atoms with Gasteiger partial charge in [0.1, 0.15) is 11.5 Å². The fraction of sp³-hybridized carbons (Fsp3) is 0.300. The molecule has 0 radical (unpaired) electrons. The molecule has 2 rings (SSSR count). The molecule has 26 heavy (non-hydrogen) atoms. The van der Waals surface area contributed by atoms with Gasteiger partial charge in [-0.3, -0.25) is 0 Å².